The number of aromatic nitrogens is 2. The van der Waals surface area contributed by atoms with Gasteiger partial charge in [-0.25, -0.2) is 0 Å². The molecule has 6 nitrogen and oxygen atoms in total. The van der Waals surface area contributed by atoms with E-state index in [0.717, 1.165) is 39.3 Å². The molecule has 1 amide bonds. The Hall–Kier alpha value is -1.40. The molecule has 1 N–H and O–H groups in total. The fourth-order valence-corrected chi connectivity index (χ4v) is 2.74. The minimum absolute atomic E-state index is 0.252. The Balaban J connectivity index is 1.39. The third-order valence-corrected chi connectivity index (χ3v) is 4.00. The number of amides is 1. The number of piperazine rings is 1. The van der Waals surface area contributed by atoms with Crippen LogP contribution < -0.4 is 5.32 Å². The maximum atomic E-state index is 12.0. The van der Waals surface area contributed by atoms with Gasteiger partial charge in [-0.05, 0) is 6.07 Å². The van der Waals surface area contributed by atoms with E-state index in [0.29, 0.717) is 19.0 Å². The van der Waals surface area contributed by atoms with Crippen LogP contribution in [0.1, 0.15) is 6.42 Å². The lowest BCUT2D eigenvalue weighted by Gasteiger charge is -2.46. The maximum Gasteiger partial charge on any atom is 0.224 e. The predicted octanol–water partition coefficient (Wildman–Crippen LogP) is -0.611. The zero-order valence-corrected chi connectivity index (χ0v) is 11.2. The Kier molecular flexibility index (Phi) is 3.79. The first-order valence-electron chi connectivity index (χ1n) is 7.03. The number of likely N-dealkylation sites (tertiary alicyclic amines) is 1. The molecule has 3 rings (SSSR count). The third kappa shape index (κ3) is 2.96. The number of carbonyl (C=O) groups excluding carboxylic acids is 1. The van der Waals surface area contributed by atoms with Crippen LogP contribution in [0.5, 0.6) is 0 Å². The average molecular weight is 263 g/mol. The van der Waals surface area contributed by atoms with Crippen molar-refractivity contribution in [2.24, 2.45) is 0 Å². The van der Waals surface area contributed by atoms with Crippen LogP contribution in [0.25, 0.3) is 0 Å². The summed E-state index contributed by atoms with van der Waals surface area (Å²) < 4.78 is 1.81. The summed E-state index contributed by atoms with van der Waals surface area (Å²) in [5, 5.41) is 7.47. The molecule has 0 saturated carbocycles. The van der Waals surface area contributed by atoms with Crippen molar-refractivity contribution < 1.29 is 4.79 Å². The molecule has 0 bridgehead atoms. The molecule has 0 spiro atoms. The van der Waals surface area contributed by atoms with Crippen LogP contribution in [0, 0.1) is 0 Å². The number of nitrogens with zero attached hydrogens (tertiary/aromatic N) is 4. The third-order valence-electron chi connectivity index (χ3n) is 4.00. The summed E-state index contributed by atoms with van der Waals surface area (Å²) in [6, 6.07) is 2.46. The highest BCUT2D eigenvalue weighted by Gasteiger charge is 2.34. The van der Waals surface area contributed by atoms with Crippen LogP contribution in [0.2, 0.25) is 0 Å². The van der Waals surface area contributed by atoms with Crippen molar-refractivity contribution in [3.05, 3.63) is 18.5 Å². The Morgan fingerprint density at radius 1 is 1.32 bits per heavy atom. The number of hydrogen-bond donors (Lipinski definition) is 1. The van der Waals surface area contributed by atoms with Crippen LogP contribution in [-0.2, 0) is 11.3 Å². The van der Waals surface area contributed by atoms with E-state index >= 15 is 0 Å². The Bertz CT molecular complexity index is 407. The lowest BCUT2D eigenvalue weighted by Crippen LogP contribution is -2.63. The standard InChI is InChI=1S/C13H21N5O/c19-13(2-7-18-6-1-3-15-18)17-10-12(11-17)16-8-4-14-5-9-16/h1,3,6,12,14H,2,4-5,7-11H2. The van der Waals surface area contributed by atoms with Crippen molar-refractivity contribution in [2.45, 2.75) is 19.0 Å². The van der Waals surface area contributed by atoms with Gasteiger partial charge in [0.1, 0.15) is 0 Å². The smallest absolute Gasteiger partial charge is 0.224 e. The van der Waals surface area contributed by atoms with Gasteiger partial charge in [-0.1, -0.05) is 0 Å². The van der Waals surface area contributed by atoms with Gasteiger partial charge in [0, 0.05) is 70.7 Å². The van der Waals surface area contributed by atoms with Crippen molar-refractivity contribution in [3.63, 3.8) is 0 Å². The monoisotopic (exact) mass is 263 g/mol. The molecule has 1 aromatic rings. The van der Waals surface area contributed by atoms with Gasteiger partial charge in [0.25, 0.3) is 0 Å². The molecular weight excluding hydrogens is 242 g/mol. The minimum Gasteiger partial charge on any atom is -0.339 e. The number of aryl methyl sites for hydroxylation is 1. The molecule has 0 atom stereocenters. The topological polar surface area (TPSA) is 53.4 Å². The molecule has 0 unspecified atom stereocenters. The van der Waals surface area contributed by atoms with Gasteiger partial charge in [-0.2, -0.15) is 5.10 Å². The average Bonchev–Trinajstić information content (AvgIpc) is 2.89. The van der Waals surface area contributed by atoms with E-state index in [-0.39, 0.29) is 5.91 Å². The quantitative estimate of drug-likeness (QED) is 0.787. The Labute approximate surface area is 113 Å². The van der Waals surface area contributed by atoms with Gasteiger partial charge in [0.2, 0.25) is 5.91 Å². The van der Waals surface area contributed by atoms with E-state index in [1.807, 2.05) is 21.8 Å². The highest BCUT2D eigenvalue weighted by molar-refractivity contribution is 5.77. The van der Waals surface area contributed by atoms with E-state index < -0.39 is 0 Å². The molecule has 2 saturated heterocycles. The minimum atomic E-state index is 0.252. The number of carbonyl (C=O) groups is 1. The second-order valence-electron chi connectivity index (χ2n) is 5.26. The molecule has 0 aliphatic carbocycles. The van der Waals surface area contributed by atoms with Crippen molar-refractivity contribution in [2.75, 3.05) is 39.3 Å². The van der Waals surface area contributed by atoms with Crippen molar-refractivity contribution in [3.8, 4) is 0 Å². The SMILES string of the molecule is O=C(CCn1cccn1)N1CC(N2CCNCC2)C1. The van der Waals surface area contributed by atoms with Gasteiger partial charge in [0.05, 0.1) is 0 Å². The largest absolute Gasteiger partial charge is 0.339 e. The van der Waals surface area contributed by atoms with Crippen LogP contribution in [0.15, 0.2) is 18.5 Å². The fraction of sp³-hybridized carbons (Fsp3) is 0.692. The highest BCUT2D eigenvalue weighted by Crippen LogP contribution is 2.16. The second kappa shape index (κ2) is 5.71. The molecule has 3 heterocycles. The highest BCUT2D eigenvalue weighted by atomic mass is 16.2. The summed E-state index contributed by atoms with van der Waals surface area (Å²) in [4.78, 5) is 16.5. The van der Waals surface area contributed by atoms with Crippen LogP contribution in [0.3, 0.4) is 0 Å². The van der Waals surface area contributed by atoms with Gasteiger partial charge < -0.3 is 10.2 Å². The molecule has 6 heteroatoms. The first-order valence-corrected chi connectivity index (χ1v) is 7.03. The lowest BCUT2D eigenvalue weighted by atomic mass is 10.1. The van der Waals surface area contributed by atoms with Crippen molar-refractivity contribution in [1.29, 1.82) is 0 Å². The lowest BCUT2D eigenvalue weighted by molar-refractivity contribution is -0.139. The fourth-order valence-electron chi connectivity index (χ4n) is 2.74. The Morgan fingerprint density at radius 3 is 2.79 bits per heavy atom. The molecule has 0 radical (unpaired) electrons. The van der Waals surface area contributed by atoms with Gasteiger partial charge in [-0.15, -0.1) is 0 Å². The van der Waals surface area contributed by atoms with E-state index in [1.54, 1.807) is 6.20 Å². The van der Waals surface area contributed by atoms with Crippen LogP contribution >= 0.6 is 0 Å². The summed E-state index contributed by atoms with van der Waals surface area (Å²) in [5.74, 6) is 0.252. The molecule has 104 valence electrons. The number of nitrogens with one attached hydrogen (secondary N) is 1. The first kappa shape index (κ1) is 12.6. The molecule has 2 aliphatic heterocycles. The number of rotatable bonds is 4. The molecule has 1 aromatic heterocycles. The van der Waals surface area contributed by atoms with E-state index in [9.17, 15) is 4.79 Å². The molecule has 0 aromatic carbocycles. The van der Waals surface area contributed by atoms with Crippen molar-refractivity contribution in [1.82, 2.24) is 24.9 Å². The normalized spacial score (nSPS) is 21.4. The first-order chi connectivity index (χ1) is 9.33. The van der Waals surface area contributed by atoms with E-state index in [4.69, 9.17) is 0 Å². The Morgan fingerprint density at radius 2 is 2.11 bits per heavy atom. The molecule has 19 heavy (non-hydrogen) atoms. The maximum absolute atomic E-state index is 12.0. The van der Waals surface area contributed by atoms with Gasteiger partial charge >= 0.3 is 0 Å². The summed E-state index contributed by atoms with van der Waals surface area (Å²) in [6.45, 7) is 6.85. The van der Waals surface area contributed by atoms with Crippen LogP contribution in [0.4, 0.5) is 0 Å². The van der Waals surface area contributed by atoms with Crippen LogP contribution in [-0.4, -0.2) is 70.8 Å². The van der Waals surface area contributed by atoms with Crippen molar-refractivity contribution >= 4 is 5.91 Å². The number of hydrogen-bond acceptors (Lipinski definition) is 4. The predicted molar refractivity (Wildman–Crippen MR) is 71.7 cm³/mol. The summed E-state index contributed by atoms with van der Waals surface area (Å²) in [6.07, 6.45) is 4.19. The van der Waals surface area contributed by atoms with E-state index in [2.05, 4.69) is 15.3 Å². The zero-order chi connectivity index (χ0) is 13.1. The summed E-state index contributed by atoms with van der Waals surface area (Å²) in [7, 11) is 0. The summed E-state index contributed by atoms with van der Waals surface area (Å²) in [5.41, 5.74) is 0. The molecule has 2 aliphatic rings. The molecule has 2 fully saturated rings. The zero-order valence-electron chi connectivity index (χ0n) is 11.2. The summed E-state index contributed by atoms with van der Waals surface area (Å²) >= 11 is 0. The van der Waals surface area contributed by atoms with Gasteiger partial charge in [0.15, 0.2) is 0 Å². The second-order valence-corrected chi connectivity index (χ2v) is 5.26. The molecular formula is C13H21N5O. The van der Waals surface area contributed by atoms with Gasteiger partial charge in [-0.3, -0.25) is 14.4 Å². The van der Waals surface area contributed by atoms with E-state index in [1.165, 1.54) is 0 Å².